The SMILES string of the molecule is CC(C)c1ccccc1NC(=O)Cn1ccc(N)n1. The van der Waals surface area contributed by atoms with E-state index in [1.165, 1.54) is 4.68 Å². The van der Waals surface area contributed by atoms with Crippen LogP contribution in [0.25, 0.3) is 0 Å². The topological polar surface area (TPSA) is 72.9 Å². The average Bonchev–Trinajstić information content (AvgIpc) is 2.75. The van der Waals surface area contributed by atoms with Crippen LogP contribution in [0.1, 0.15) is 25.3 Å². The fourth-order valence-corrected chi connectivity index (χ4v) is 1.92. The molecule has 1 heterocycles. The number of carbonyl (C=O) groups excluding carboxylic acids is 1. The molecule has 5 heteroatoms. The third-order valence-electron chi connectivity index (χ3n) is 2.82. The van der Waals surface area contributed by atoms with Gasteiger partial charge in [0.05, 0.1) is 0 Å². The van der Waals surface area contributed by atoms with E-state index >= 15 is 0 Å². The van der Waals surface area contributed by atoms with Gasteiger partial charge in [-0.15, -0.1) is 0 Å². The highest BCUT2D eigenvalue weighted by Gasteiger charge is 2.09. The van der Waals surface area contributed by atoms with Gasteiger partial charge in [-0.1, -0.05) is 32.0 Å². The summed E-state index contributed by atoms with van der Waals surface area (Å²) in [7, 11) is 0. The zero-order valence-corrected chi connectivity index (χ0v) is 11.1. The lowest BCUT2D eigenvalue weighted by molar-refractivity contribution is -0.116. The van der Waals surface area contributed by atoms with Crippen LogP contribution in [0, 0.1) is 0 Å². The molecule has 100 valence electrons. The lowest BCUT2D eigenvalue weighted by Crippen LogP contribution is -2.20. The molecule has 0 bridgehead atoms. The van der Waals surface area contributed by atoms with Crippen molar-refractivity contribution in [2.24, 2.45) is 0 Å². The van der Waals surface area contributed by atoms with Crippen molar-refractivity contribution < 1.29 is 4.79 Å². The molecule has 3 N–H and O–H groups in total. The van der Waals surface area contributed by atoms with Crippen LogP contribution in [0.2, 0.25) is 0 Å². The van der Waals surface area contributed by atoms with E-state index < -0.39 is 0 Å². The highest BCUT2D eigenvalue weighted by atomic mass is 16.2. The summed E-state index contributed by atoms with van der Waals surface area (Å²) in [6.45, 7) is 4.35. The summed E-state index contributed by atoms with van der Waals surface area (Å²) in [6.07, 6.45) is 1.68. The molecule has 2 rings (SSSR count). The van der Waals surface area contributed by atoms with Crippen molar-refractivity contribution in [1.29, 1.82) is 0 Å². The predicted molar refractivity (Wildman–Crippen MR) is 75.8 cm³/mol. The van der Waals surface area contributed by atoms with Crippen LogP contribution in [-0.4, -0.2) is 15.7 Å². The van der Waals surface area contributed by atoms with E-state index in [9.17, 15) is 4.79 Å². The maximum Gasteiger partial charge on any atom is 0.246 e. The summed E-state index contributed by atoms with van der Waals surface area (Å²) in [5.74, 6) is 0.656. The van der Waals surface area contributed by atoms with Gasteiger partial charge in [0.25, 0.3) is 0 Å². The van der Waals surface area contributed by atoms with Crippen molar-refractivity contribution in [2.45, 2.75) is 26.3 Å². The van der Waals surface area contributed by atoms with E-state index in [0.29, 0.717) is 11.7 Å². The average molecular weight is 258 g/mol. The molecule has 2 aromatic rings. The van der Waals surface area contributed by atoms with Gasteiger partial charge in [0, 0.05) is 11.9 Å². The molecule has 1 amide bonds. The van der Waals surface area contributed by atoms with E-state index in [-0.39, 0.29) is 12.5 Å². The molecule has 0 aliphatic rings. The fourth-order valence-electron chi connectivity index (χ4n) is 1.92. The largest absolute Gasteiger partial charge is 0.382 e. The highest BCUT2D eigenvalue weighted by Crippen LogP contribution is 2.23. The molecule has 0 saturated heterocycles. The van der Waals surface area contributed by atoms with E-state index in [2.05, 4.69) is 24.3 Å². The number of hydrogen-bond donors (Lipinski definition) is 2. The minimum absolute atomic E-state index is 0.115. The van der Waals surface area contributed by atoms with Crippen molar-refractivity contribution in [1.82, 2.24) is 9.78 Å². The molecular formula is C14H18N4O. The maximum absolute atomic E-state index is 12.0. The van der Waals surface area contributed by atoms with Gasteiger partial charge in [-0.25, -0.2) is 0 Å². The van der Waals surface area contributed by atoms with Gasteiger partial charge in [-0.2, -0.15) is 5.10 Å². The van der Waals surface area contributed by atoms with Gasteiger partial charge in [0.1, 0.15) is 12.4 Å². The molecule has 0 aliphatic carbocycles. The number of anilines is 2. The minimum Gasteiger partial charge on any atom is -0.382 e. The Hall–Kier alpha value is -2.30. The smallest absolute Gasteiger partial charge is 0.246 e. The number of nitrogens with two attached hydrogens (primary N) is 1. The Morgan fingerprint density at radius 3 is 2.74 bits per heavy atom. The first kappa shape index (κ1) is 13.1. The molecule has 0 spiro atoms. The lowest BCUT2D eigenvalue weighted by Gasteiger charge is -2.13. The first-order valence-corrected chi connectivity index (χ1v) is 6.24. The van der Waals surface area contributed by atoms with Crippen molar-refractivity contribution in [3.63, 3.8) is 0 Å². The van der Waals surface area contributed by atoms with Gasteiger partial charge < -0.3 is 11.1 Å². The molecule has 1 aromatic carbocycles. The van der Waals surface area contributed by atoms with Gasteiger partial charge in [0.2, 0.25) is 5.91 Å². The van der Waals surface area contributed by atoms with E-state index in [4.69, 9.17) is 5.73 Å². The Morgan fingerprint density at radius 2 is 2.11 bits per heavy atom. The van der Waals surface area contributed by atoms with Crippen molar-refractivity contribution in [2.75, 3.05) is 11.1 Å². The van der Waals surface area contributed by atoms with Gasteiger partial charge in [-0.05, 0) is 23.6 Å². The van der Waals surface area contributed by atoms with Crippen LogP contribution in [-0.2, 0) is 11.3 Å². The third-order valence-corrected chi connectivity index (χ3v) is 2.82. The first-order chi connectivity index (χ1) is 9.06. The number of nitrogen functional groups attached to an aromatic ring is 1. The van der Waals surface area contributed by atoms with E-state index in [0.717, 1.165) is 11.3 Å². The Balaban J connectivity index is 2.07. The second-order valence-corrected chi connectivity index (χ2v) is 4.73. The number of benzene rings is 1. The standard InChI is InChI=1S/C14H18N4O/c1-10(2)11-5-3-4-6-12(11)16-14(19)9-18-8-7-13(15)17-18/h3-8,10H,9H2,1-2H3,(H2,15,17)(H,16,19). The zero-order chi connectivity index (χ0) is 13.8. The van der Waals surface area contributed by atoms with Crippen LogP contribution in [0.3, 0.4) is 0 Å². The zero-order valence-electron chi connectivity index (χ0n) is 11.1. The van der Waals surface area contributed by atoms with E-state index in [1.54, 1.807) is 12.3 Å². The number of carbonyl (C=O) groups is 1. The van der Waals surface area contributed by atoms with E-state index in [1.807, 2.05) is 24.3 Å². The van der Waals surface area contributed by atoms with Crippen molar-refractivity contribution in [3.05, 3.63) is 42.1 Å². The fraction of sp³-hybridized carbons (Fsp3) is 0.286. The third kappa shape index (κ3) is 3.34. The highest BCUT2D eigenvalue weighted by molar-refractivity contribution is 5.91. The summed E-state index contributed by atoms with van der Waals surface area (Å²) in [4.78, 5) is 12.0. The number of amides is 1. The minimum atomic E-state index is -0.115. The number of nitrogens with zero attached hydrogens (tertiary/aromatic N) is 2. The predicted octanol–water partition coefficient (Wildman–Crippen LogP) is 2.23. The number of rotatable bonds is 4. The molecule has 5 nitrogen and oxygen atoms in total. The number of aromatic nitrogens is 2. The van der Waals surface area contributed by atoms with Crippen LogP contribution in [0.4, 0.5) is 11.5 Å². The molecule has 0 fully saturated rings. The van der Waals surface area contributed by atoms with Crippen LogP contribution in [0.15, 0.2) is 36.5 Å². The summed E-state index contributed by atoms with van der Waals surface area (Å²) in [6, 6.07) is 9.47. The molecular weight excluding hydrogens is 240 g/mol. The molecule has 19 heavy (non-hydrogen) atoms. The van der Waals surface area contributed by atoms with Crippen molar-refractivity contribution >= 4 is 17.4 Å². The number of nitrogens with one attached hydrogen (secondary N) is 1. The number of hydrogen-bond acceptors (Lipinski definition) is 3. The summed E-state index contributed by atoms with van der Waals surface area (Å²) in [5, 5.41) is 6.89. The summed E-state index contributed by atoms with van der Waals surface area (Å²) < 4.78 is 1.52. The second kappa shape index (κ2) is 5.56. The van der Waals surface area contributed by atoms with Gasteiger partial charge >= 0.3 is 0 Å². The first-order valence-electron chi connectivity index (χ1n) is 6.24. The molecule has 0 radical (unpaired) electrons. The quantitative estimate of drug-likeness (QED) is 0.883. The maximum atomic E-state index is 12.0. The second-order valence-electron chi connectivity index (χ2n) is 4.73. The van der Waals surface area contributed by atoms with Crippen LogP contribution < -0.4 is 11.1 Å². The number of para-hydroxylation sites is 1. The summed E-state index contributed by atoms with van der Waals surface area (Å²) in [5.41, 5.74) is 7.48. The Bertz CT molecular complexity index is 574. The van der Waals surface area contributed by atoms with Gasteiger partial charge in [-0.3, -0.25) is 9.48 Å². The lowest BCUT2D eigenvalue weighted by atomic mass is 10.0. The van der Waals surface area contributed by atoms with Crippen LogP contribution >= 0.6 is 0 Å². The van der Waals surface area contributed by atoms with Crippen molar-refractivity contribution in [3.8, 4) is 0 Å². The molecule has 0 unspecified atom stereocenters. The molecule has 0 aliphatic heterocycles. The molecule has 1 aromatic heterocycles. The Kier molecular flexibility index (Phi) is 3.85. The van der Waals surface area contributed by atoms with Crippen LogP contribution in [0.5, 0.6) is 0 Å². The monoisotopic (exact) mass is 258 g/mol. The van der Waals surface area contributed by atoms with Gasteiger partial charge in [0.15, 0.2) is 0 Å². The molecule has 0 atom stereocenters. The molecule has 0 saturated carbocycles. The normalized spacial score (nSPS) is 10.7. The Labute approximate surface area is 112 Å². The summed E-state index contributed by atoms with van der Waals surface area (Å²) >= 11 is 0. The Morgan fingerprint density at radius 1 is 1.37 bits per heavy atom.